The van der Waals surface area contributed by atoms with Crippen LogP contribution in [0.3, 0.4) is 0 Å². The second-order valence-electron chi connectivity index (χ2n) is 4.61. The average Bonchev–Trinajstić information content (AvgIpc) is 2.33. The fourth-order valence-corrected chi connectivity index (χ4v) is 1.68. The number of para-hydroxylation sites is 1. The summed E-state index contributed by atoms with van der Waals surface area (Å²) >= 11 is 5.91. The normalized spacial score (nSPS) is 10.4. The molecule has 0 aliphatic carbocycles. The van der Waals surface area contributed by atoms with Gasteiger partial charge >= 0.3 is 0 Å². The number of hydrogen-bond acceptors (Lipinski definition) is 2. The first-order chi connectivity index (χ1) is 8.59. The highest BCUT2D eigenvalue weighted by Gasteiger charge is 2.04. The Morgan fingerprint density at radius 1 is 1.39 bits per heavy atom. The number of rotatable bonds is 7. The zero-order valence-electron chi connectivity index (χ0n) is 10.9. The molecule has 0 radical (unpaired) electrons. The highest BCUT2D eigenvalue weighted by molar-refractivity contribution is 6.32. The van der Waals surface area contributed by atoms with Crippen LogP contribution in [0.15, 0.2) is 24.3 Å². The Morgan fingerprint density at radius 2 is 2.11 bits per heavy atom. The third-order valence-corrected chi connectivity index (χ3v) is 2.79. The van der Waals surface area contributed by atoms with Crippen molar-refractivity contribution in [2.24, 2.45) is 5.92 Å². The molecule has 0 bridgehead atoms. The summed E-state index contributed by atoms with van der Waals surface area (Å²) in [6.45, 7) is 5.04. The molecule has 0 saturated carbocycles. The summed E-state index contributed by atoms with van der Waals surface area (Å²) in [5, 5.41) is 3.34. The molecule has 4 heteroatoms. The van der Waals surface area contributed by atoms with Crippen molar-refractivity contribution in [1.82, 2.24) is 5.32 Å². The molecular formula is C14H20ClNO2. The number of benzene rings is 1. The predicted octanol–water partition coefficient (Wildman–Crippen LogP) is 3.27. The highest BCUT2D eigenvalue weighted by atomic mass is 35.5. The number of carbonyl (C=O) groups is 1. The molecule has 3 nitrogen and oxygen atoms in total. The fraction of sp³-hybridized carbons (Fsp3) is 0.500. The Balaban J connectivity index is 2.19. The van der Waals surface area contributed by atoms with Gasteiger partial charge in [-0.2, -0.15) is 0 Å². The summed E-state index contributed by atoms with van der Waals surface area (Å²) in [4.78, 5) is 11.5. The molecule has 1 rings (SSSR count). The molecule has 100 valence electrons. The topological polar surface area (TPSA) is 38.3 Å². The van der Waals surface area contributed by atoms with E-state index in [4.69, 9.17) is 16.3 Å². The Morgan fingerprint density at radius 3 is 2.78 bits per heavy atom. The second-order valence-corrected chi connectivity index (χ2v) is 5.01. The third-order valence-electron chi connectivity index (χ3n) is 2.48. The standard InChI is InChI=1S/C14H20ClNO2/c1-11(2)6-5-9-16-14(17)10-18-13-8-4-3-7-12(13)15/h3-4,7-8,11H,5-6,9-10H2,1-2H3,(H,16,17). The SMILES string of the molecule is CC(C)CCCNC(=O)COc1ccccc1Cl. The van der Waals surface area contributed by atoms with Gasteiger partial charge in [0.15, 0.2) is 6.61 Å². The first-order valence-corrected chi connectivity index (χ1v) is 6.61. The maximum atomic E-state index is 11.5. The average molecular weight is 270 g/mol. The van der Waals surface area contributed by atoms with Crippen molar-refractivity contribution in [3.63, 3.8) is 0 Å². The minimum absolute atomic E-state index is 0.00537. The van der Waals surface area contributed by atoms with Gasteiger partial charge in [-0.1, -0.05) is 37.6 Å². The van der Waals surface area contributed by atoms with Gasteiger partial charge in [0.05, 0.1) is 5.02 Å². The van der Waals surface area contributed by atoms with Crippen LogP contribution in [0.4, 0.5) is 0 Å². The van der Waals surface area contributed by atoms with E-state index in [-0.39, 0.29) is 12.5 Å². The van der Waals surface area contributed by atoms with Gasteiger partial charge in [0.25, 0.3) is 5.91 Å². The van der Waals surface area contributed by atoms with Crippen molar-refractivity contribution in [2.45, 2.75) is 26.7 Å². The Kier molecular flexibility index (Phi) is 6.58. The Hall–Kier alpha value is -1.22. The smallest absolute Gasteiger partial charge is 0.257 e. The minimum Gasteiger partial charge on any atom is -0.482 e. The molecule has 1 aromatic carbocycles. The summed E-state index contributed by atoms with van der Waals surface area (Å²) in [5.74, 6) is 1.09. The van der Waals surface area contributed by atoms with Crippen LogP contribution in [0.25, 0.3) is 0 Å². The van der Waals surface area contributed by atoms with Gasteiger partial charge < -0.3 is 10.1 Å². The van der Waals surface area contributed by atoms with Crippen molar-refractivity contribution in [1.29, 1.82) is 0 Å². The number of carbonyl (C=O) groups excluding carboxylic acids is 1. The lowest BCUT2D eigenvalue weighted by atomic mass is 10.1. The van der Waals surface area contributed by atoms with Crippen molar-refractivity contribution in [3.05, 3.63) is 29.3 Å². The van der Waals surface area contributed by atoms with Gasteiger partial charge in [0.1, 0.15) is 5.75 Å². The lowest BCUT2D eigenvalue weighted by Crippen LogP contribution is -2.29. The largest absolute Gasteiger partial charge is 0.482 e. The van der Waals surface area contributed by atoms with E-state index in [9.17, 15) is 4.79 Å². The van der Waals surface area contributed by atoms with Crippen molar-refractivity contribution in [3.8, 4) is 5.75 Å². The molecule has 1 amide bonds. The van der Waals surface area contributed by atoms with Crippen LogP contribution in [0.5, 0.6) is 5.75 Å². The molecule has 1 N–H and O–H groups in total. The van der Waals surface area contributed by atoms with E-state index < -0.39 is 0 Å². The van der Waals surface area contributed by atoms with Crippen LogP contribution in [0, 0.1) is 5.92 Å². The van der Waals surface area contributed by atoms with E-state index in [1.165, 1.54) is 0 Å². The van der Waals surface area contributed by atoms with Crippen molar-refractivity contribution >= 4 is 17.5 Å². The first kappa shape index (κ1) is 14.8. The fourth-order valence-electron chi connectivity index (χ4n) is 1.49. The summed E-state index contributed by atoms with van der Waals surface area (Å²) < 4.78 is 5.33. The molecule has 0 saturated heterocycles. The number of hydrogen-bond donors (Lipinski definition) is 1. The van der Waals surface area contributed by atoms with Gasteiger partial charge in [-0.3, -0.25) is 4.79 Å². The zero-order chi connectivity index (χ0) is 13.4. The summed E-state index contributed by atoms with van der Waals surface area (Å²) in [7, 11) is 0. The van der Waals surface area contributed by atoms with Gasteiger partial charge in [0, 0.05) is 6.54 Å². The van der Waals surface area contributed by atoms with Gasteiger partial charge in [-0.25, -0.2) is 0 Å². The maximum absolute atomic E-state index is 11.5. The van der Waals surface area contributed by atoms with Gasteiger partial charge in [-0.05, 0) is 30.9 Å². The van der Waals surface area contributed by atoms with Crippen molar-refractivity contribution in [2.75, 3.05) is 13.2 Å². The highest BCUT2D eigenvalue weighted by Crippen LogP contribution is 2.22. The Bertz CT molecular complexity index is 380. The van der Waals surface area contributed by atoms with Crippen LogP contribution in [-0.2, 0) is 4.79 Å². The number of amides is 1. The molecule has 0 spiro atoms. The van der Waals surface area contributed by atoms with Gasteiger partial charge in [0.2, 0.25) is 0 Å². The molecule has 1 aromatic rings. The van der Waals surface area contributed by atoms with Crippen LogP contribution >= 0.6 is 11.6 Å². The molecule has 0 heterocycles. The van der Waals surface area contributed by atoms with E-state index in [2.05, 4.69) is 19.2 Å². The van der Waals surface area contributed by atoms with Crippen LogP contribution in [0.1, 0.15) is 26.7 Å². The Labute approximate surface area is 113 Å². The lowest BCUT2D eigenvalue weighted by molar-refractivity contribution is -0.123. The molecule has 0 aliphatic heterocycles. The van der Waals surface area contributed by atoms with E-state index in [1.54, 1.807) is 12.1 Å². The summed E-state index contributed by atoms with van der Waals surface area (Å²) in [6.07, 6.45) is 2.11. The maximum Gasteiger partial charge on any atom is 0.257 e. The van der Waals surface area contributed by atoms with E-state index >= 15 is 0 Å². The molecule has 0 fully saturated rings. The molecule has 0 unspecified atom stereocenters. The number of nitrogens with one attached hydrogen (secondary N) is 1. The first-order valence-electron chi connectivity index (χ1n) is 6.23. The molecule has 0 aromatic heterocycles. The molecule has 18 heavy (non-hydrogen) atoms. The van der Waals surface area contributed by atoms with Gasteiger partial charge in [-0.15, -0.1) is 0 Å². The quantitative estimate of drug-likeness (QED) is 0.772. The summed E-state index contributed by atoms with van der Waals surface area (Å²) in [6, 6.07) is 7.12. The molecule has 0 aliphatic rings. The van der Waals surface area contributed by atoms with Crippen LogP contribution < -0.4 is 10.1 Å². The monoisotopic (exact) mass is 269 g/mol. The minimum atomic E-state index is -0.112. The number of halogens is 1. The zero-order valence-corrected chi connectivity index (χ0v) is 11.7. The molecular weight excluding hydrogens is 250 g/mol. The van der Waals surface area contributed by atoms with Crippen LogP contribution in [0.2, 0.25) is 5.02 Å². The predicted molar refractivity (Wildman–Crippen MR) is 74.0 cm³/mol. The number of ether oxygens (including phenoxy) is 1. The van der Waals surface area contributed by atoms with Crippen LogP contribution in [-0.4, -0.2) is 19.1 Å². The van der Waals surface area contributed by atoms with Crippen molar-refractivity contribution < 1.29 is 9.53 Å². The summed E-state index contributed by atoms with van der Waals surface area (Å²) in [5.41, 5.74) is 0. The lowest BCUT2D eigenvalue weighted by Gasteiger charge is -2.09. The second kappa shape index (κ2) is 7.98. The van der Waals surface area contributed by atoms with E-state index in [0.717, 1.165) is 12.8 Å². The van der Waals surface area contributed by atoms with E-state index in [1.807, 2.05) is 12.1 Å². The van der Waals surface area contributed by atoms with E-state index in [0.29, 0.717) is 23.2 Å². The third kappa shape index (κ3) is 5.92. The molecule has 0 atom stereocenters.